The maximum Gasteiger partial charge on any atom is 0.331 e. The summed E-state index contributed by atoms with van der Waals surface area (Å²) in [5, 5.41) is 2.60. The molecular formula is C10H16N4O3. The topological polar surface area (TPSA) is 99.1 Å². The van der Waals surface area contributed by atoms with Crippen molar-refractivity contribution in [3.8, 4) is 0 Å². The molecule has 1 amide bonds. The quantitative estimate of drug-likeness (QED) is 0.682. The number of hydrogen-bond acceptors (Lipinski definition) is 4. The van der Waals surface area contributed by atoms with Crippen LogP contribution >= 0.6 is 0 Å². The number of hydrogen-bond donors (Lipinski definition) is 2. The molecule has 0 aromatic carbocycles. The lowest BCUT2D eigenvalue weighted by molar-refractivity contribution is -0.122. The summed E-state index contributed by atoms with van der Waals surface area (Å²) in [6, 6.07) is -0.0527. The number of anilines is 1. The van der Waals surface area contributed by atoms with Crippen molar-refractivity contribution in [2.45, 2.75) is 26.4 Å². The Hall–Kier alpha value is -2.05. The van der Waals surface area contributed by atoms with Crippen LogP contribution in [0.2, 0.25) is 0 Å². The third kappa shape index (κ3) is 2.96. The Labute approximate surface area is 97.9 Å². The first-order valence-electron chi connectivity index (χ1n) is 5.18. The molecule has 17 heavy (non-hydrogen) atoms. The van der Waals surface area contributed by atoms with Crippen LogP contribution in [0.5, 0.6) is 0 Å². The van der Waals surface area contributed by atoms with Gasteiger partial charge in [0.05, 0.1) is 0 Å². The van der Waals surface area contributed by atoms with E-state index in [0.717, 1.165) is 4.57 Å². The van der Waals surface area contributed by atoms with Gasteiger partial charge < -0.3 is 15.6 Å². The van der Waals surface area contributed by atoms with Crippen molar-refractivity contribution in [2.24, 2.45) is 7.05 Å². The predicted molar refractivity (Wildman–Crippen MR) is 63.6 cm³/mol. The van der Waals surface area contributed by atoms with Crippen LogP contribution in [0.15, 0.2) is 15.8 Å². The number of nitrogen functional groups attached to an aromatic ring is 1. The lowest BCUT2D eigenvalue weighted by Crippen LogP contribution is -2.44. The largest absolute Gasteiger partial charge is 0.393 e. The third-order valence-electron chi connectivity index (χ3n) is 2.11. The van der Waals surface area contributed by atoms with E-state index in [2.05, 4.69) is 5.32 Å². The van der Waals surface area contributed by atoms with Gasteiger partial charge in [-0.1, -0.05) is 0 Å². The molecule has 0 saturated carbocycles. The molecule has 1 aromatic heterocycles. The zero-order valence-electron chi connectivity index (χ0n) is 10.1. The van der Waals surface area contributed by atoms with Crippen LogP contribution in [0.4, 0.5) is 5.69 Å². The average Bonchev–Trinajstić information content (AvgIpc) is 2.20. The van der Waals surface area contributed by atoms with Gasteiger partial charge in [0.1, 0.15) is 12.2 Å². The molecule has 0 atom stereocenters. The van der Waals surface area contributed by atoms with E-state index in [1.807, 2.05) is 0 Å². The van der Waals surface area contributed by atoms with E-state index in [1.165, 1.54) is 17.8 Å². The number of carbonyl (C=O) groups excluding carboxylic acids is 1. The van der Waals surface area contributed by atoms with Crippen molar-refractivity contribution in [3.63, 3.8) is 0 Å². The molecule has 94 valence electrons. The van der Waals surface area contributed by atoms with Crippen molar-refractivity contribution in [3.05, 3.63) is 27.0 Å². The fraction of sp³-hybridized carbons (Fsp3) is 0.500. The fourth-order valence-electron chi connectivity index (χ4n) is 1.40. The summed E-state index contributed by atoms with van der Waals surface area (Å²) in [7, 11) is 1.47. The molecule has 0 aliphatic carbocycles. The number of amides is 1. The first-order chi connectivity index (χ1) is 7.82. The van der Waals surface area contributed by atoms with E-state index in [9.17, 15) is 14.4 Å². The van der Waals surface area contributed by atoms with Gasteiger partial charge in [0, 0.05) is 19.3 Å². The second-order valence-corrected chi connectivity index (χ2v) is 4.09. The average molecular weight is 240 g/mol. The third-order valence-corrected chi connectivity index (χ3v) is 2.11. The number of aryl methyl sites for hydroxylation is 1. The Morgan fingerprint density at radius 3 is 2.59 bits per heavy atom. The molecule has 0 aliphatic rings. The highest BCUT2D eigenvalue weighted by Crippen LogP contribution is 1.87. The summed E-state index contributed by atoms with van der Waals surface area (Å²) in [6.45, 7) is 3.25. The van der Waals surface area contributed by atoms with E-state index in [-0.39, 0.29) is 18.3 Å². The van der Waals surface area contributed by atoms with Crippen molar-refractivity contribution < 1.29 is 4.79 Å². The number of nitrogens with one attached hydrogen (secondary N) is 1. The number of aromatic nitrogens is 2. The van der Waals surface area contributed by atoms with Crippen LogP contribution in [-0.2, 0) is 18.4 Å². The maximum atomic E-state index is 11.7. The van der Waals surface area contributed by atoms with Gasteiger partial charge in [-0.3, -0.25) is 9.59 Å². The minimum absolute atomic E-state index is 0.0527. The molecule has 7 nitrogen and oxygen atoms in total. The first-order valence-corrected chi connectivity index (χ1v) is 5.18. The first kappa shape index (κ1) is 13.0. The monoisotopic (exact) mass is 240 g/mol. The zero-order valence-corrected chi connectivity index (χ0v) is 10.1. The predicted octanol–water partition coefficient (Wildman–Crippen LogP) is -1.35. The Morgan fingerprint density at radius 2 is 2.06 bits per heavy atom. The van der Waals surface area contributed by atoms with Crippen LogP contribution < -0.4 is 22.3 Å². The van der Waals surface area contributed by atoms with Gasteiger partial charge in [0.2, 0.25) is 5.91 Å². The van der Waals surface area contributed by atoms with Gasteiger partial charge in [-0.25, -0.2) is 9.36 Å². The van der Waals surface area contributed by atoms with Crippen molar-refractivity contribution >= 4 is 11.6 Å². The van der Waals surface area contributed by atoms with Crippen LogP contribution in [0.3, 0.4) is 0 Å². The highest BCUT2D eigenvalue weighted by atomic mass is 16.2. The second-order valence-electron chi connectivity index (χ2n) is 4.09. The van der Waals surface area contributed by atoms with E-state index in [0.29, 0.717) is 0 Å². The minimum Gasteiger partial charge on any atom is -0.393 e. The second kappa shape index (κ2) is 4.86. The summed E-state index contributed by atoms with van der Waals surface area (Å²) in [5.41, 5.74) is 4.16. The van der Waals surface area contributed by atoms with Gasteiger partial charge in [-0.2, -0.15) is 0 Å². The van der Waals surface area contributed by atoms with Gasteiger partial charge in [0.15, 0.2) is 0 Å². The fourth-order valence-corrected chi connectivity index (χ4v) is 1.40. The molecule has 0 radical (unpaired) electrons. The Bertz CT molecular complexity index is 507. The molecule has 1 rings (SSSR count). The Balaban J connectivity index is 3.11. The molecule has 1 heterocycles. The van der Waals surface area contributed by atoms with E-state index >= 15 is 0 Å². The van der Waals surface area contributed by atoms with Gasteiger partial charge >= 0.3 is 5.69 Å². The number of rotatable bonds is 3. The van der Waals surface area contributed by atoms with Crippen molar-refractivity contribution in [1.29, 1.82) is 0 Å². The maximum absolute atomic E-state index is 11.7. The molecule has 0 saturated heterocycles. The lowest BCUT2D eigenvalue weighted by atomic mass is 10.4. The summed E-state index contributed by atoms with van der Waals surface area (Å²) in [6.07, 6.45) is 1.24. The summed E-state index contributed by atoms with van der Waals surface area (Å²) < 4.78 is 1.98. The molecular weight excluding hydrogens is 224 g/mol. The highest BCUT2D eigenvalue weighted by molar-refractivity contribution is 5.76. The molecule has 1 aromatic rings. The summed E-state index contributed by atoms with van der Waals surface area (Å²) in [5.74, 6) is -0.398. The van der Waals surface area contributed by atoms with Crippen molar-refractivity contribution in [1.82, 2.24) is 14.5 Å². The molecule has 0 unspecified atom stereocenters. The zero-order chi connectivity index (χ0) is 13.2. The molecule has 0 aliphatic heterocycles. The number of nitrogens with zero attached hydrogens (tertiary/aromatic N) is 2. The highest BCUT2D eigenvalue weighted by Gasteiger charge is 2.11. The van der Waals surface area contributed by atoms with E-state index in [4.69, 9.17) is 5.73 Å². The minimum atomic E-state index is -0.646. The lowest BCUT2D eigenvalue weighted by Gasteiger charge is -2.10. The molecule has 0 spiro atoms. The van der Waals surface area contributed by atoms with Gasteiger partial charge in [-0.15, -0.1) is 0 Å². The van der Waals surface area contributed by atoms with Crippen LogP contribution in [-0.4, -0.2) is 21.1 Å². The Morgan fingerprint density at radius 1 is 1.47 bits per heavy atom. The summed E-state index contributed by atoms with van der Waals surface area (Å²) >= 11 is 0. The van der Waals surface area contributed by atoms with Crippen molar-refractivity contribution in [2.75, 3.05) is 5.73 Å². The van der Waals surface area contributed by atoms with E-state index in [1.54, 1.807) is 13.8 Å². The smallest absolute Gasteiger partial charge is 0.331 e. The normalized spacial score (nSPS) is 10.6. The number of carbonyl (C=O) groups is 1. The molecule has 3 N–H and O–H groups in total. The van der Waals surface area contributed by atoms with Crippen LogP contribution in [0, 0.1) is 0 Å². The standard InChI is InChI=1S/C10H16N4O3/c1-6(2)12-8(15)5-14-9(16)7(11)4-13(3)10(14)17/h4,6H,5,11H2,1-3H3,(H,12,15). The van der Waals surface area contributed by atoms with Crippen LogP contribution in [0.25, 0.3) is 0 Å². The van der Waals surface area contributed by atoms with Gasteiger partial charge in [-0.05, 0) is 13.8 Å². The Kier molecular flexibility index (Phi) is 3.72. The van der Waals surface area contributed by atoms with E-state index < -0.39 is 17.2 Å². The molecule has 0 fully saturated rings. The van der Waals surface area contributed by atoms with Crippen LogP contribution in [0.1, 0.15) is 13.8 Å². The molecule has 7 heteroatoms. The molecule has 0 bridgehead atoms. The van der Waals surface area contributed by atoms with Gasteiger partial charge in [0.25, 0.3) is 5.56 Å². The number of nitrogens with two attached hydrogens (primary N) is 1. The SMILES string of the molecule is CC(C)NC(=O)Cn1c(=O)c(N)cn(C)c1=O. The summed E-state index contributed by atoms with van der Waals surface area (Å²) in [4.78, 5) is 34.8.